The molecule has 0 amide bonds. The molecule has 0 bridgehead atoms. The maximum atomic E-state index is 5.59. The minimum absolute atomic E-state index is 0. The zero-order valence-corrected chi connectivity index (χ0v) is 21.5. The average molecular weight is 536 g/mol. The van der Waals surface area contributed by atoms with E-state index in [9.17, 15) is 0 Å². The van der Waals surface area contributed by atoms with Gasteiger partial charge in [-0.05, 0) is 70.7 Å². The van der Waals surface area contributed by atoms with Gasteiger partial charge in [-0.2, -0.15) is 0 Å². The molecule has 2 unspecified atom stereocenters. The number of hydrogen-bond donors (Lipinski definition) is 2. The lowest BCUT2D eigenvalue weighted by molar-refractivity contribution is -0.00502. The second kappa shape index (κ2) is 11.8. The Morgan fingerprint density at radius 1 is 1.34 bits per heavy atom. The van der Waals surface area contributed by atoms with Gasteiger partial charge in [-0.25, -0.2) is 0 Å². The third-order valence-corrected chi connectivity index (χ3v) is 7.50. The molecule has 2 saturated heterocycles. The summed E-state index contributed by atoms with van der Waals surface area (Å²) in [5.74, 6) is 1.51. The van der Waals surface area contributed by atoms with Crippen LogP contribution in [0.1, 0.15) is 36.6 Å². The number of nitrogens with one attached hydrogen (secondary N) is 2. The minimum atomic E-state index is 0. The normalized spacial score (nSPS) is 25.5. The molecular formula is C21H38IN5OS. The van der Waals surface area contributed by atoms with E-state index in [4.69, 9.17) is 4.74 Å². The monoisotopic (exact) mass is 535 g/mol. The van der Waals surface area contributed by atoms with Gasteiger partial charge in [-0.3, -0.25) is 9.89 Å². The van der Waals surface area contributed by atoms with Crippen molar-refractivity contribution in [1.82, 2.24) is 20.4 Å². The number of halogens is 1. The molecule has 0 saturated carbocycles. The highest BCUT2D eigenvalue weighted by atomic mass is 127. The number of piperidine rings is 1. The van der Waals surface area contributed by atoms with Gasteiger partial charge < -0.3 is 20.3 Å². The molecular weight excluding hydrogens is 497 g/mol. The summed E-state index contributed by atoms with van der Waals surface area (Å²) >= 11 is 1.88. The highest BCUT2D eigenvalue weighted by molar-refractivity contribution is 14.0. The molecule has 8 heteroatoms. The van der Waals surface area contributed by atoms with Crippen LogP contribution >= 0.6 is 35.3 Å². The van der Waals surface area contributed by atoms with Crippen LogP contribution in [0.3, 0.4) is 0 Å². The Bertz CT molecular complexity index is 619. The molecule has 2 N–H and O–H groups in total. The number of ether oxygens (including phenoxy) is 1. The van der Waals surface area contributed by atoms with Crippen molar-refractivity contribution in [1.29, 1.82) is 0 Å². The van der Waals surface area contributed by atoms with E-state index in [0.29, 0.717) is 12.0 Å². The molecule has 1 aromatic heterocycles. The number of likely N-dealkylation sites (N-methyl/N-ethyl adjacent to an activating group) is 1. The first-order valence-corrected chi connectivity index (χ1v) is 11.4. The summed E-state index contributed by atoms with van der Waals surface area (Å²) in [6, 6.07) is 4.95. The van der Waals surface area contributed by atoms with Crippen molar-refractivity contribution in [3.63, 3.8) is 0 Å². The van der Waals surface area contributed by atoms with Crippen molar-refractivity contribution in [3.05, 3.63) is 22.4 Å². The number of rotatable bonds is 6. The molecule has 2 atom stereocenters. The van der Waals surface area contributed by atoms with E-state index in [-0.39, 0.29) is 29.5 Å². The number of thiophene rings is 1. The zero-order valence-electron chi connectivity index (χ0n) is 18.3. The molecule has 0 spiro atoms. The molecule has 166 valence electrons. The second-order valence-corrected chi connectivity index (χ2v) is 9.36. The van der Waals surface area contributed by atoms with Crippen LogP contribution in [0, 0.1) is 5.92 Å². The smallest absolute Gasteiger partial charge is 0.191 e. The Balaban J connectivity index is 0.00000300. The van der Waals surface area contributed by atoms with E-state index in [2.05, 4.69) is 64.1 Å². The van der Waals surface area contributed by atoms with Gasteiger partial charge in [0.2, 0.25) is 0 Å². The van der Waals surface area contributed by atoms with Crippen LogP contribution in [-0.2, 0) is 4.74 Å². The third kappa shape index (κ3) is 6.29. The Kier molecular flexibility index (Phi) is 10.1. The summed E-state index contributed by atoms with van der Waals surface area (Å²) in [5, 5.41) is 9.40. The molecule has 2 aliphatic heterocycles. The summed E-state index contributed by atoms with van der Waals surface area (Å²) in [5.41, 5.74) is 0.139. The van der Waals surface area contributed by atoms with E-state index >= 15 is 0 Å². The predicted molar refractivity (Wildman–Crippen MR) is 134 cm³/mol. The first-order chi connectivity index (χ1) is 13.6. The lowest BCUT2D eigenvalue weighted by atomic mass is 9.88. The maximum Gasteiger partial charge on any atom is 0.191 e. The summed E-state index contributed by atoms with van der Waals surface area (Å²) in [6.07, 6.45) is 4.63. The largest absolute Gasteiger partial charge is 0.381 e. The van der Waals surface area contributed by atoms with E-state index in [1.165, 1.54) is 24.3 Å². The van der Waals surface area contributed by atoms with E-state index < -0.39 is 0 Å². The van der Waals surface area contributed by atoms with E-state index in [1.807, 2.05) is 18.4 Å². The lowest BCUT2D eigenvalue weighted by Crippen LogP contribution is -2.57. The Morgan fingerprint density at radius 2 is 2.10 bits per heavy atom. The molecule has 2 aliphatic rings. The maximum absolute atomic E-state index is 5.59. The van der Waals surface area contributed by atoms with Crippen molar-refractivity contribution in [2.45, 2.75) is 37.3 Å². The standard InChI is InChI=1S/C21H37N5OS.HI/c1-22-20(24-16-21(25(2)3)9-12-27-13-10-21)23-15-17-7-5-11-26(4)19(17)18-8-6-14-28-18;/h6,8,14,17,19H,5,7,9-13,15-16H2,1-4H3,(H2,22,23,24);1H. The highest BCUT2D eigenvalue weighted by Gasteiger charge is 2.35. The topological polar surface area (TPSA) is 52.1 Å². The van der Waals surface area contributed by atoms with E-state index in [0.717, 1.165) is 45.1 Å². The van der Waals surface area contributed by atoms with Gasteiger partial charge in [0.15, 0.2) is 5.96 Å². The van der Waals surface area contributed by atoms with Crippen LogP contribution in [-0.4, -0.2) is 82.3 Å². The average Bonchev–Trinajstić information content (AvgIpc) is 3.23. The Hall–Kier alpha value is -0.420. The fraction of sp³-hybridized carbons (Fsp3) is 0.762. The Labute approximate surface area is 197 Å². The van der Waals surface area contributed by atoms with E-state index in [1.54, 1.807) is 0 Å². The van der Waals surface area contributed by atoms with Gasteiger partial charge >= 0.3 is 0 Å². The molecule has 0 aliphatic carbocycles. The van der Waals surface area contributed by atoms with Gasteiger partial charge in [0.25, 0.3) is 0 Å². The predicted octanol–water partition coefficient (Wildman–Crippen LogP) is 3.02. The van der Waals surface area contributed by atoms with Crippen molar-refractivity contribution >= 4 is 41.3 Å². The van der Waals surface area contributed by atoms with Crippen LogP contribution in [0.4, 0.5) is 0 Å². The molecule has 1 aromatic rings. The van der Waals surface area contributed by atoms with Gasteiger partial charge in [0, 0.05) is 49.8 Å². The van der Waals surface area contributed by atoms with Gasteiger partial charge in [-0.1, -0.05) is 6.07 Å². The fourth-order valence-corrected chi connectivity index (χ4v) is 5.60. The first-order valence-electron chi connectivity index (χ1n) is 10.5. The number of hydrogen-bond acceptors (Lipinski definition) is 5. The number of guanidine groups is 1. The third-order valence-electron chi connectivity index (χ3n) is 6.55. The highest BCUT2D eigenvalue weighted by Crippen LogP contribution is 2.36. The zero-order chi connectivity index (χ0) is 20.0. The Morgan fingerprint density at radius 3 is 2.72 bits per heavy atom. The second-order valence-electron chi connectivity index (χ2n) is 8.38. The van der Waals surface area contributed by atoms with Crippen LogP contribution in [0.5, 0.6) is 0 Å². The van der Waals surface area contributed by atoms with Crippen molar-refractivity contribution in [2.24, 2.45) is 10.9 Å². The van der Waals surface area contributed by atoms with Gasteiger partial charge in [0.05, 0.1) is 0 Å². The molecule has 29 heavy (non-hydrogen) atoms. The van der Waals surface area contributed by atoms with Gasteiger partial charge in [-0.15, -0.1) is 35.3 Å². The first kappa shape index (κ1) is 24.8. The minimum Gasteiger partial charge on any atom is -0.381 e. The van der Waals surface area contributed by atoms with Crippen molar-refractivity contribution in [3.8, 4) is 0 Å². The van der Waals surface area contributed by atoms with Crippen LogP contribution < -0.4 is 10.6 Å². The summed E-state index contributed by atoms with van der Waals surface area (Å²) in [7, 11) is 8.47. The molecule has 0 aromatic carbocycles. The van der Waals surface area contributed by atoms with Crippen molar-refractivity contribution < 1.29 is 4.74 Å². The quantitative estimate of drug-likeness (QED) is 0.333. The summed E-state index contributed by atoms with van der Waals surface area (Å²) in [6.45, 7) is 4.69. The molecule has 6 nitrogen and oxygen atoms in total. The summed E-state index contributed by atoms with van der Waals surface area (Å²) in [4.78, 5) is 10.8. The molecule has 3 heterocycles. The van der Waals surface area contributed by atoms with Crippen LogP contribution in [0.25, 0.3) is 0 Å². The van der Waals surface area contributed by atoms with Crippen LogP contribution in [0.15, 0.2) is 22.5 Å². The lowest BCUT2D eigenvalue weighted by Gasteiger charge is -2.43. The number of likely N-dealkylation sites (tertiary alicyclic amines) is 1. The molecule has 2 fully saturated rings. The molecule has 0 radical (unpaired) electrons. The summed E-state index contributed by atoms with van der Waals surface area (Å²) < 4.78 is 5.59. The number of nitrogens with zero attached hydrogens (tertiary/aromatic N) is 3. The number of aliphatic imine (C=N–C) groups is 1. The molecule has 3 rings (SSSR count). The fourth-order valence-electron chi connectivity index (χ4n) is 4.61. The SMILES string of the molecule is CN=C(NCC1CCCN(C)C1c1cccs1)NCC1(N(C)C)CCOCC1.I. The van der Waals surface area contributed by atoms with Gasteiger partial charge in [0.1, 0.15) is 0 Å². The van der Waals surface area contributed by atoms with Crippen molar-refractivity contribution in [2.75, 3.05) is 61.0 Å². The van der Waals surface area contributed by atoms with Crippen LogP contribution in [0.2, 0.25) is 0 Å².